The molecular formula is C22H14ClFN4O. The third kappa shape index (κ3) is 2.72. The molecule has 5 nitrogen and oxygen atoms in total. The normalized spacial score (nSPS) is 11.4. The van der Waals surface area contributed by atoms with Gasteiger partial charge in [-0.2, -0.15) is 5.10 Å². The molecule has 7 heteroatoms. The first kappa shape index (κ1) is 17.6. The van der Waals surface area contributed by atoms with Crippen molar-refractivity contribution in [1.29, 1.82) is 0 Å². The summed E-state index contributed by atoms with van der Waals surface area (Å²) in [5.41, 5.74) is 3.68. The fourth-order valence-electron chi connectivity index (χ4n) is 3.57. The van der Waals surface area contributed by atoms with E-state index in [4.69, 9.17) is 11.6 Å². The van der Waals surface area contributed by atoms with E-state index in [2.05, 4.69) is 10.1 Å². The lowest BCUT2D eigenvalue weighted by Gasteiger charge is -2.09. The van der Waals surface area contributed by atoms with Crippen molar-refractivity contribution in [3.63, 3.8) is 0 Å². The number of aryl methyl sites for hydroxylation is 1. The number of hydrogen-bond acceptors (Lipinski definition) is 3. The molecule has 0 aliphatic carbocycles. The van der Waals surface area contributed by atoms with Gasteiger partial charge in [0.1, 0.15) is 5.82 Å². The second-order valence-electron chi connectivity index (χ2n) is 6.70. The van der Waals surface area contributed by atoms with E-state index < -0.39 is 5.82 Å². The standard InChI is InChI=1S/C22H14ClFN4O/c1-13-20(14-6-8-15(23)9-7-14)21-25-12-16-18(28(21)26-13)10-11-27(22(16)29)19-5-3-2-4-17(19)24/h2-12H,1H3. The molecule has 0 saturated heterocycles. The van der Waals surface area contributed by atoms with Crippen LogP contribution < -0.4 is 5.56 Å². The van der Waals surface area contributed by atoms with Crippen LogP contribution >= 0.6 is 11.6 Å². The van der Waals surface area contributed by atoms with Crippen LogP contribution in [0.25, 0.3) is 33.4 Å². The molecule has 3 heterocycles. The molecule has 0 radical (unpaired) electrons. The highest BCUT2D eigenvalue weighted by Crippen LogP contribution is 2.29. The number of nitrogens with zero attached hydrogens (tertiary/aromatic N) is 4. The quantitative estimate of drug-likeness (QED) is 0.424. The molecule has 0 saturated carbocycles. The van der Waals surface area contributed by atoms with E-state index in [9.17, 15) is 9.18 Å². The van der Waals surface area contributed by atoms with E-state index in [0.717, 1.165) is 16.8 Å². The summed E-state index contributed by atoms with van der Waals surface area (Å²) < 4.78 is 17.1. The molecule has 0 atom stereocenters. The summed E-state index contributed by atoms with van der Waals surface area (Å²) in [4.78, 5) is 17.5. The Labute approximate surface area is 169 Å². The number of rotatable bonds is 2. The minimum absolute atomic E-state index is 0.193. The van der Waals surface area contributed by atoms with Gasteiger partial charge in [-0.3, -0.25) is 9.36 Å². The average Bonchev–Trinajstić information content (AvgIpc) is 3.06. The van der Waals surface area contributed by atoms with Crippen molar-refractivity contribution in [2.24, 2.45) is 0 Å². The summed E-state index contributed by atoms with van der Waals surface area (Å²) in [6.45, 7) is 1.89. The first-order chi connectivity index (χ1) is 14.0. The Bertz CT molecular complexity index is 1450. The smallest absolute Gasteiger partial charge is 0.266 e. The number of fused-ring (bicyclic) bond motifs is 3. The number of halogens is 2. The Hall–Kier alpha value is -3.51. The molecule has 29 heavy (non-hydrogen) atoms. The summed E-state index contributed by atoms with van der Waals surface area (Å²) in [5.74, 6) is -0.469. The molecular weight excluding hydrogens is 391 g/mol. The third-order valence-electron chi connectivity index (χ3n) is 4.93. The summed E-state index contributed by atoms with van der Waals surface area (Å²) in [5, 5.41) is 5.60. The predicted octanol–water partition coefficient (Wildman–Crippen LogP) is 4.80. The van der Waals surface area contributed by atoms with E-state index in [1.165, 1.54) is 16.8 Å². The Morgan fingerprint density at radius 2 is 1.79 bits per heavy atom. The molecule has 0 unspecified atom stereocenters. The second kappa shape index (κ2) is 6.53. The minimum Gasteiger partial charge on any atom is -0.281 e. The molecule has 5 aromatic rings. The SMILES string of the molecule is Cc1nn2c(ncc3c(=O)n(-c4ccccc4F)ccc32)c1-c1ccc(Cl)cc1. The average molecular weight is 405 g/mol. The molecule has 142 valence electrons. The molecule has 3 aromatic heterocycles. The number of para-hydroxylation sites is 1. The number of hydrogen-bond donors (Lipinski definition) is 0. The van der Waals surface area contributed by atoms with Crippen LogP contribution in [0, 0.1) is 12.7 Å². The van der Waals surface area contributed by atoms with Gasteiger partial charge >= 0.3 is 0 Å². The summed E-state index contributed by atoms with van der Waals surface area (Å²) in [6.07, 6.45) is 3.08. The summed E-state index contributed by atoms with van der Waals surface area (Å²) in [6, 6.07) is 15.3. The van der Waals surface area contributed by atoms with Crippen molar-refractivity contribution in [1.82, 2.24) is 19.2 Å². The van der Waals surface area contributed by atoms with Crippen LogP contribution in [0.3, 0.4) is 0 Å². The zero-order valence-corrected chi connectivity index (χ0v) is 16.1. The van der Waals surface area contributed by atoms with Crippen molar-refractivity contribution < 1.29 is 4.39 Å². The van der Waals surface area contributed by atoms with Gasteiger partial charge in [-0.25, -0.2) is 13.9 Å². The first-order valence-electron chi connectivity index (χ1n) is 8.95. The van der Waals surface area contributed by atoms with Crippen LogP contribution in [0.15, 0.2) is 71.8 Å². The van der Waals surface area contributed by atoms with Crippen LogP contribution in [0.1, 0.15) is 5.69 Å². The van der Waals surface area contributed by atoms with Gasteiger partial charge in [0.05, 0.1) is 22.3 Å². The number of pyridine rings is 1. The van der Waals surface area contributed by atoms with Gasteiger partial charge in [0, 0.05) is 23.0 Å². The molecule has 5 rings (SSSR count). The van der Waals surface area contributed by atoms with Crippen molar-refractivity contribution in [2.45, 2.75) is 6.92 Å². The van der Waals surface area contributed by atoms with Crippen molar-refractivity contribution >= 4 is 28.2 Å². The maximum absolute atomic E-state index is 14.2. The Morgan fingerprint density at radius 3 is 2.55 bits per heavy atom. The molecule has 0 aliphatic rings. The van der Waals surface area contributed by atoms with Gasteiger partial charge in [0.2, 0.25) is 0 Å². The molecule has 0 spiro atoms. The van der Waals surface area contributed by atoms with E-state index in [-0.39, 0.29) is 11.2 Å². The van der Waals surface area contributed by atoms with E-state index in [1.807, 2.05) is 31.2 Å². The van der Waals surface area contributed by atoms with Crippen LogP contribution in [0.5, 0.6) is 0 Å². The lowest BCUT2D eigenvalue weighted by atomic mass is 10.1. The Balaban J connectivity index is 1.78. The van der Waals surface area contributed by atoms with E-state index in [0.29, 0.717) is 21.6 Å². The highest BCUT2D eigenvalue weighted by Gasteiger charge is 2.17. The summed E-state index contributed by atoms with van der Waals surface area (Å²) >= 11 is 6.00. The monoisotopic (exact) mass is 404 g/mol. The van der Waals surface area contributed by atoms with Crippen molar-refractivity contribution in [3.8, 4) is 16.8 Å². The van der Waals surface area contributed by atoms with Crippen LogP contribution in [-0.4, -0.2) is 19.2 Å². The van der Waals surface area contributed by atoms with Crippen molar-refractivity contribution in [2.75, 3.05) is 0 Å². The van der Waals surface area contributed by atoms with Gasteiger partial charge < -0.3 is 0 Å². The Morgan fingerprint density at radius 1 is 1.03 bits per heavy atom. The van der Waals surface area contributed by atoms with Gasteiger partial charge in [-0.15, -0.1) is 0 Å². The maximum Gasteiger partial charge on any atom is 0.266 e. The zero-order valence-electron chi connectivity index (χ0n) is 15.3. The first-order valence-corrected chi connectivity index (χ1v) is 9.33. The fourth-order valence-corrected chi connectivity index (χ4v) is 3.69. The highest BCUT2D eigenvalue weighted by molar-refractivity contribution is 6.30. The highest BCUT2D eigenvalue weighted by atomic mass is 35.5. The maximum atomic E-state index is 14.2. The number of benzene rings is 2. The molecule has 0 N–H and O–H groups in total. The molecule has 0 amide bonds. The van der Waals surface area contributed by atoms with Crippen LogP contribution in [0.4, 0.5) is 4.39 Å². The second-order valence-corrected chi connectivity index (χ2v) is 7.14. The lowest BCUT2D eigenvalue weighted by Crippen LogP contribution is -2.19. The van der Waals surface area contributed by atoms with Crippen LogP contribution in [0.2, 0.25) is 5.02 Å². The molecule has 0 fully saturated rings. The molecule has 0 bridgehead atoms. The topological polar surface area (TPSA) is 52.2 Å². The van der Waals surface area contributed by atoms with E-state index >= 15 is 0 Å². The zero-order chi connectivity index (χ0) is 20.1. The molecule has 2 aromatic carbocycles. The third-order valence-corrected chi connectivity index (χ3v) is 5.18. The largest absolute Gasteiger partial charge is 0.281 e. The van der Waals surface area contributed by atoms with Gasteiger partial charge in [-0.1, -0.05) is 35.9 Å². The van der Waals surface area contributed by atoms with Crippen LogP contribution in [-0.2, 0) is 0 Å². The minimum atomic E-state index is -0.469. The number of aromatic nitrogens is 4. The van der Waals surface area contributed by atoms with Crippen molar-refractivity contribution in [3.05, 3.63) is 93.9 Å². The Kier molecular flexibility index (Phi) is 3.96. The van der Waals surface area contributed by atoms with Gasteiger partial charge in [0.25, 0.3) is 5.56 Å². The van der Waals surface area contributed by atoms with E-state index in [1.54, 1.807) is 35.0 Å². The van der Waals surface area contributed by atoms with Gasteiger partial charge in [-0.05, 0) is 42.8 Å². The lowest BCUT2D eigenvalue weighted by molar-refractivity contribution is 0.616. The summed E-state index contributed by atoms with van der Waals surface area (Å²) in [7, 11) is 0. The van der Waals surface area contributed by atoms with Gasteiger partial charge in [0.15, 0.2) is 5.65 Å². The predicted molar refractivity (Wildman–Crippen MR) is 111 cm³/mol. The molecule has 0 aliphatic heterocycles. The fraction of sp³-hybridized carbons (Fsp3) is 0.0455.